The van der Waals surface area contributed by atoms with Crippen LogP contribution in [0, 0.1) is 0 Å². The normalized spacial score (nSPS) is 9.93. The van der Waals surface area contributed by atoms with Crippen molar-refractivity contribution in [2.45, 2.75) is 13.3 Å². The fourth-order valence-electron chi connectivity index (χ4n) is 1.37. The van der Waals surface area contributed by atoms with Crippen LogP contribution in [0.1, 0.15) is 22.8 Å². The highest BCUT2D eigenvalue weighted by molar-refractivity contribution is 6.34. The molecule has 0 spiro atoms. The summed E-state index contributed by atoms with van der Waals surface area (Å²) in [6, 6.07) is 3.24. The van der Waals surface area contributed by atoms with Crippen molar-refractivity contribution in [1.29, 1.82) is 0 Å². The van der Waals surface area contributed by atoms with Gasteiger partial charge in [-0.25, -0.2) is 4.79 Å². The Morgan fingerprint density at radius 2 is 2.21 bits per heavy atom. The zero-order valence-electron chi connectivity index (χ0n) is 8.10. The van der Waals surface area contributed by atoms with E-state index in [1.54, 1.807) is 13.1 Å². The van der Waals surface area contributed by atoms with Gasteiger partial charge in [-0.2, -0.15) is 0 Å². The van der Waals surface area contributed by atoms with Gasteiger partial charge in [0.15, 0.2) is 0 Å². The second kappa shape index (κ2) is 4.33. The summed E-state index contributed by atoms with van der Waals surface area (Å²) in [7, 11) is 1.78. The highest BCUT2D eigenvalue weighted by Gasteiger charge is 2.13. The number of hydrogen-bond acceptors (Lipinski definition) is 2. The van der Waals surface area contributed by atoms with Gasteiger partial charge in [-0.15, -0.1) is 0 Å². The Hall–Kier alpha value is -1.22. The topological polar surface area (TPSA) is 49.3 Å². The number of carboxylic acids is 1. The summed E-state index contributed by atoms with van der Waals surface area (Å²) in [5, 5.41) is 12.1. The third-order valence-corrected chi connectivity index (χ3v) is 2.53. The summed E-state index contributed by atoms with van der Waals surface area (Å²) in [4.78, 5) is 10.8. The lowest BCUT2D eigenvalue weighted by atomic mass is 10.1. The highest BCUT2D eigenvalue weighted by Crippen LogP contribution is 2.28. The fourth-order valence-corrected chi connectivity index (χ4v) is 1.75. The van der Waals surface area contributed by atoms with Crippen LogP contribution >= 0.6 is 11.6 Å². The molecule has 0 radical (unpaired) electrons. The van der Waals surface area contributed by atoms with Gasteiger partial charge in [-0.05, 0) is 24.1 Å². The molecule has 3 nitrogen and oxygen atoms in total. The van der Waals surface area contributed by atoms with Gasteiger partial charge in [0, 0.05) is 12.7 Å². The lowest BCUT2D eigenvalue weighted by Gasteiger charge is -2.10. The van der Waals surface area contributed by atoms with E-state index in [1.165, 1.54) is 6.07 Å². The van der Waals surface area contributed by atoms with Gasteiger partial charge < -0.3 is 10.4 Å². The van der Waals surface area contributed by atoms with Crippen molar-refractivity contribution >= 4 is 23.3 Å². The number of halogens is 1. The highest BCUT2D eigenvalue weighted by atomic mass is 35.5. The second-order valence-electron chi connectivity index (χ2n) is 2.86. The van der Waals surface area contributed by atoms with Crippen LogP contribution in [0.15, 0.2) is 12.1 Å². The maximum Gasteiger partial charge on any atom is 0.337 e. The van der Waals surface area contributed by atoms with E-state index >= 15 is 0 Å². The predicted octanol–water partition coefficient (Wildman–Crippen LogP) is 2.64. The minimum Gasteiger partial charge on any atom is -0.478 e. The molecule has 76 valence electrons. The van der Waals surface area contributed by atoms with Crippen LogP contribution in [0.4, 0.5) is 5.69 Å². The Morgan fingerprint density at radius 3 is 2.64 bits per heavy atom. The first-order chi connectivity index (χ1) is 6.61. The van der Waals surface area contributed by atoms with E-state index in [4.69, 9.17) is 16.7 Å². The van der Waals surface area contributed by atoms with Gasteiger partial charge in [-0.1, -0.05) is 18.5 Å². The molecule has 0 aromatic heterocycles. The molecule has 0 amide bonds. The molecule has 0 saturated heterocycles. The average molecular weight is 214 g/mol. The van der Waals surface area contributed by atoms with E-state index < -0.39 is 5.97 Å². The first kappa shape index (κ1) is 10.9. The Labute approximate surface area is 87.7 Å². The van der Waals surface area contributed by atoms with Crippen LogP contribution < -0.4 is 5.32 Å². The molecular formula is C10H12ClNO2. The van der Waals surface area contributed by atoms with E-state index in [-0.39, 0.29) is 5.56 Å². The number of carboxylic acid groups (broad SMARTS) is 1. The maximum absolute atomic E-state index is 10.8. The number of rotatable bonds is 3. The summed E-state index contributed by atoms with van der Waals surface area (Å²) in [6.45, 7) is 1.94. The molecule has 0 aliphatic heterocycles. The fraction of sp³-hybridized carbons (Fsp3) is 0.300. The minimum absolute atomic E-state index is 0.155. The van der Waals surface area contributed by atoms with Crippen LogP contribution in [0.2, 0.25) is 5.02 Å². The Bertz CT molecular complexity index is 363. The van der Waals surface area contributed by atoms with Crippen molar-refractivity contribution in [2.24, 2.45) is 0 Å². The van der Waals surface area contributed by atoms with Crippen LogP contribution in [0.5, 0.6) is 0 Å². The summed E-state index contributed by atoms with van der Waals surface area (Å²) in [5.74, 6) is -0.993. The van der Waals surface area contributed by atoms with Crippen molar-refractivity contribution in [2.75, 3.05) is 12.4 Å². The third kappa shape index (κ3) is 1.82. The molecule has 1 rings (SSSR count). The summed E-state index contributed by atoms with van der Waals surface area (Å²) in [5.41, 5.74) is 1.87. The third-order valence-electron chi connectivity index (χ3n) is 2.10. The van der Waals surface area contributed by atoms with Crippen LogP contribution in [-0.2, 0) is 6.42 Å². The van der Waals surface area contributed by atoms with E-state index in [1.807, 2.05) is 6.92 Å². The molecule has 0 aliphatic rings. The quantitative estimate of drug-likeness (QED) is 0.812. The number of nitrogens with one attached hydrogen (secondary N) is 1. The molecule has 4 heteroatoms. The van der Waals surface area contributed by atoms with Gasteiger partial charge in [0.25, 0.3) is 0 Å². The first-order valence-corrected chi connectivity index (χ1v) is 4.72. The van der Waals surface area contributed by atoms with Gasteiger partial charge >= 0.3 is 5.97 Å². The summed E-state index contributed by atoms with van der Waals surface area (Å²) >= 11 is 5.97. The van der Waals surface area contributed by atoms with Crippen molar-refractivity contribution in [3.8, 4) is 0 Å². The van der Waals surface area contributed by atoms with Crippen molar-refractivity contribution in [3.05, 3.63) is 28.3 Å². The number of carbonyl (C=O) groups is 1. The second-order valence-corrected chi connectivity index (χ2v) is 3.24. The number of benzene rings is 1. The molecular weight excluding hydrogens is 202 g/mol. The zero-order valence-corrected chi connectivity index (χ0v) is 8.85. The van der Waals surface area contributed by atoms with Gasteiger partial charge in [0.2, 0.25) is 0 Å². The molecule has 0 atom stereocenters. The minimum atomic E-state index is -0.993. The molecule has 0 bridgehead atoms. The summed E-state index contributed by atoms with van der Waals surface area (Å²) in [6.07, 6.45) is 0.704. The Kier molecular flexibility index (Phi) is 3.36. The molecule has 1 aromatic rings. The largest absolute Gasteiger partial charge is 0.478 e. The van der Waals surface area contributed by atoms with Gasteiger partial charge in [0.05, 0.1) is 10.6 Å². The van der Waals surface area contributed by atoms with Crippen molar-refractivity contribution in [3.63, 3.8) is 0 Å². The van der Waals surface area contributed by atoms with E-state index in [9.17, 15) is 4.79 Å². The molecule has 0 unspecified atom stereocenters. The number of hydrogen-bond donors (Lipinski definition) is 2. The van der Waals surface area contributed by atoms with E-state index in [0.717, 1.165) is 11.3 Å². The molecule has 2 N–H and O–H groups in total. The zero-order chi connectivity index (χ0) is 10.7. The predicted molar refractivity (Wildman–Crippen MR) is 57.3 cm³/mol. The SMILES string of the molecule is CCc1c(NC)ccc(C(=O)O)c1Cl. The molecule has 1 aromatic carbocycles. The smallest absolute Gasteiger partial charge is 0.337 e. The van der Waals surface area contributed by atoms with Crippen LogP contribution in [0.3, 0.4) is 0 Å². The van der Waals surface area contributed by atoms with Crippen molar-refractivity contribution < 1.29 is 9.90 Å². The Morgan fingerprint density at radius 1 is 1.57 bits per heavy atom. The standard InChI is InChI=1S/C10H12ClNO2/c1-3-6-8(12-2)5-4-7(9(6)11)10(13)14/h4-5,12H,3H2,1-2H3,(H,13,14). The molecule has 0 saturated carbocycles. The first-order valence-electron chi connectivity index (χ1n) is 4.34. The van der Waals surface area contributed by atoms with E-state index in [0.29, 0.717) is 11.4 Å². The lowest BCUT2D eigenvalue weighted by molar-refractivity contribution is 0.0697. The number of anilines is 1. The number of aromatic carboxylic acids is 1. The van der Waals surface area contributed by atoms with E-state index in [2.05, 4.69) is 5.32 Å². The Balaban J connectivity index is 3.34. The molecule has 0 fully saturated rings. The molecule has 0 aliphatic carbocycles. The summed E-state index contributed by atoms with van der Waals surface area (Å²) < 4.78 is 0. The molecule has 0 heterocycles. The lowest BCUT2D eigenvalue weighted by Crippen LogP contribution is -2.02. The average Bonchev–Trinajstić information content (AvgIpc) is 2.16. The van der Waals surface area contributed by atoms with Crippen LogP contribution in [-0.4, -0.2) is 18.1 Å². The maximum atomic E-state index is 10.8. The van der Waals surface area contributed by atoms with Gasteiger partial charge in [-0.3, -0.25) is 0 Å². The molecule has 14 heavy (non-hydrogen) atoms. The van der Waals surface area contributed by atoms with Gasteiger partial charge in [0.1, 0.15) is 0 Å². The van der Waals surface area contributed by atoms with Crippen molar-refractivity contribution in [1.82, 2.24) is 0 Å². The monoisotopic (exact) mass is 213 g/mol. The van der Waals surface area contributed by atoms with Crippen LogP contribution in [0.25, 0.3) is 0 Å².